The van der Waals surface area contributed by atoms with Crippen LogP contribution in [0.5, 0.6) is 0 Å². The summed E-state index contributed by atoms with van der Waals surface area (Å²) in [4.78, 5) is 25.7. The third-order valence-electron chi connectivity index (χ3n) is 2.31. The largest absolute Gasteiger partial charge is 0.348 e. The predicted molar refractivity (Wildman–Crippen MR) is 74.2 cm³/mol. The monoisotopic (exact) mass is 309 g/mol. The van der Waals surface area contributed by atoms with Crippen molar-refractivity contribution in [3.63, 3.8) is 0 Å². The van der Waals surface area contributed by atoms with Crippen molar-refractivity contribution in [3.8, 4) is 5.95 Å². The summed E-state index contributed by atoms with van der Waals surface area (Å²) in [7, 11) is 0. The van der Waals surface area contributed by atoms with E-state index in [1.165, 1.54) is 4.68 Å². The number of hydrogen-bond donors (Lipinski definition) is 2. The van der Waals surface area contributed by atoms with E-state index in [2.05, 4.69) is 30.4 Å². The highest BCUT2D eigenvalue weighted by Crippen LogP contribution is 2.09. The fourth-order valence-electron chi connectivity index (χ4n) is 1.48. The lowest BCUT2D eigenvalue weighted by Gasteiger charge is -2.05. The van der Waals surface area contributed by atoms with E-state index < -0.39 is 0 Å². The van der Waals surface area contributed by atoms with Crippen LogP contribution in [0.2, 0.25) is 5.28 Å². The zero-order valence-corrected chi connectivity index (χ0v) is 11.5. The molecule has 0 radical (unpaired) electrons. The molecular weight excluding hydrogens is 302 g/mol. The fraction of sp³-hybridized carbons (Fsp3) is 0.100. The van der Waals surface area contributed by atoms with Crippen LogP contribution in [0.25, 0.3) is 5.95 Å². The number of thiazole rings is 1. The molecule has 0 amide bonds. The Kier molecular flexibility index (Phi) is 3.44. The van der Waals surface area contributed by atoms with Gasteiger partial charge in [0.1, 0.15) is 0 Å². The highest BCUT2D eigenvalue weighted by Gasteiger charge is 2.07. The molecule has 0 spiro atoms. The molecule has 8 nitrogen and oxygen atoms in total. The first kappa shape index (κ1) is 12.8. The SMILES string of the molecule is O=c1[nH]c(CNc2nc(Cl)nc(-n3cccn3)n2)cs1. The predicted octanol–water partition coefficient (Wildman–Crippen LogP) is 1.07. The van der Waals surface area contributed by atoms with Crippen molar-refractivity contribution in [2.75, 3.05) is 5.32 Å². The standard InChI is InChI=1S/C10H8ClN7OS/c11-7-15-8(12-4-6-5-20-10(19)14-6)17-9(16-7)18-3-1-2-13-18/h1-3,5H,4H2,(H,14,19)(H,12,15,16,17). The molecule has 10 heteroatoms. The minimum absolute atomic E-state index is 0.0619. The molecule has 0 unspecified atom stereocenters. The summed E-state index contributed by atoms with van der Waals surface area (Å²) in [6.45, 7) is 0.387. The molecule has 3 rings (SSSR count). The molecule has 2 N–H and O–H groups in total. The molecule has 3 aromatic heterocycles. The Bertz CT molecular complexity index is 766. The smallest absolute Gasteiger partial charge is 0.304 e. The van der Waals surface area contributed by atoms with Gasteiger partial charge in [-0.15, -0.1) is 0 Å². The summed E-state index contributed by atoms with van der Waals surface area (Å²) in [6, 6.07) is 1.75. The number of anilines is 1. The normalized spacial score (nSPS) is 10.7. The summed E-state index contributed by atoms with van der Waals surface area (Å²) in [5.74, 6) is 0.624. The topological polar surface area (TPSA) is 101 Å². The first-order valence-corrected chi connectivity index (χ1v) is 6.78. The van der Waals surface area contributed by atoms with Gasteiger partial charge >= 0.3 is 4.87 Å². The number of aromatic amines is 1. The third kappa shape index (κ3) is 2.83. The molecule has 0 aliphatic heterocycles. The molecule has 0 atom stereocenters. The van der Waals surface area contributed by atoms with E-state index in [0.29, 0.717) is 18.4 Å². The van der Waals surface area contributed by atoms with Crippen LogP contribution in [-0.2, 0) is 6.54 Å². The Hall–Kier alpha value is -2.26. The molecule has 3 heterocycles. The maximum absolute atomic E-state index is 11.0. The molecule has 20 heavy (non-hydrogen) atoms. The number of nitrogens with one attached hydrogen (secondary N) is 2. The lowest BCUT2D eigenvalue weighted by atomic mass is 10.5. The van der Waals surface area contributed by atoms with E-state index in [0.717, 1.165) is 17.0 Å². The van der Waals surface area contributed by atoms with Gasteiger partial charge in [-0.2, -0.15) is 20.1 Å². The molecule has 0 aliphatic carbocycles. The summed E-state index contributed by atoms with van der Waals surface area (Å²) >= 11 is 6.95. The number of nitrogens with zero attached hydrogens (tertiary/aromatic N) is 5. The first-order chi connectivity index (χ1) is 9.70. The van der Waals surface area contributed by atoms with Crippen LogP contribution in [0.1, 0.15) is 5.69 Å². The number of halogens is 1. The van der Waals surface area contributed by atoms with Crippen LogP contribution in [-0.4, -0.2) is 29.7 Å². The maximum Gasteiger partial charge on any atom is 0.304 e. The van der Waals surface area contributed by atoms with Gasteiger partial charge < -0.3 is 10.3 Å². The van der Waals surface area contributed by atoms with Crippen LogP contribution in [0, 0.1) is 0 Å². The zero-order chi connectivity index (χ0) is 13.9. The zero-order valence-electron chi connectivity index (χ0n) is 9.95. The summed E-state index contributed by atoms with van der Waals surface area (Å²) < 4.78 is 1.48. The van der Waals surface area contributed by atoms with Crippen molar-refractivity contribution in [3.05, 3.63) is 44.5 Å². The Morgan fingerprint density at radius 1 is 1.40 bits per heavy atom. The number of aromatic nitrogens is 6. The molecule has 0 aliphatic rings. The Morgan fingerprint density at radius 2 is 2.30 bits per heavy atom. The minimum atomic E-state index is -0.104. The summed E-state index contributed by atoms with van der Waals surface area (Å²) in [5, 5.41) is 8.78. The highest BCUT2D eigenvalue weighted by atomic mass is 35.5. The van der Waals surface area contributed by atoms with Crippen molar-refractivity contribution in [1.82, 2.24) is 29.7 Å². The van der Waals surface area contributed by atoms with Gasteiger partial charge in [-0.1, -0.05) is 11.3 Å². The van der Waals surface area contributed by atoms with Gasteiger partial charge in [-0.25, -0.2) is 4.68 Å². The van der Waals surface area contributed by atoms with E-state index in [1.54, 1.807) is 23.8 Å². The fourth-order valence-corrected chi connectivity index (χ4v) is 2.22. The second kappa shape index (κ2) is 5.39. The van der Waals surface area contributed by atoms with Gasteiger partial charge in [0.05, 0.1) is 6.54 Å². The lowest BCUT2D eigenvalue weighted by molar-refractivity contribution is 0.794. The summed E-state index contributed by atoms with van der Waals surface area (Å²) in [5.41, 5.74) is 0.747. The number of rotatable bonds is 4. The van der Waals surface area contributed by atoms with Crippen molar-refractivity contribution in [1.29, 1.82) is 0 Å². The maximum atomic E-state index is 11.0. The molecular formula is C10H8ClN7OS. The van der Waals surface area contributed by atoms with Gasteiger partial charge in [0, 0.05) is 23.5 Å². The van der Waals surface area contributed by atoms with Crippen LogP contribution < -0.4 is 10.2 Å². The Morgan fingerprint density at radius 3 is 3.00 bits per heavy atom. The molecule has 0 bridgehead atoms. The van der Waals surface area contributed by atoms with Gasteiger partial charge in [0.15, 0.2) is 0 Å². The van der Waals surface area contributed by atoms with Gasteiger partial charge in [-0.3, -0.25) is 4.79 Å². The third-order valence-corrected chi connectivity index (χ3v) is 3.20. The molecule has 0 saturated carbocycles. The van der Waals surface area contributed by atoms with E-state index >= 15 is 0 Å². The van der Waals surface area contributed by atoms with Crippen molar-refractivity contribution < 1.29 is 0 Å². The lowest BCUT2D eigenvalue weighted by Crippen LogP contribution is -2.10. The molecule has 0 saturated heterocycles. The van der Waals surface area contributed by atoms with Crippen molar-refractivity contribution in [2.24, 2.45) is 0 Å². The molecule has 3 aromatic rings. The van der Waals surface area contributed by atoms with Gasteiger partial charge in [-0.05, 0) is 17.7 Å². The van der Waals surface area contributed by atoms with Gasteiger partial charge in [0.2, 0.25) is 11.2 Å². The highest BCUT2D eigenvalue weighted by molar-refractivity contribution is 7.07. The molecule has 0 aromatic carbocycles. The summed E-state index contributed by atoms with van der Waals surface area (Å²) in [6.07, 6.45) is 3.31. The second-order valence-corrected chi connectivity index (χ2v) is 4.89. The van der Waals surface area contributed by atoms with Crippen LogP contribution in [0.3, 0.4) is 0 Å². The van der Waals surface area contributed by atoms with E-state index in [9.17, 15) is 4.79 Å². The van der Waals surface area contributed by atoms with E-state index in [-0.39, 0.29) is 10.2 Å². The first-order valence-electron chi connectivity index (χ1n) is 5.53. The van der Waals surface area contributed by atoms with E-state index in [1.807, 2.05) is 0 Å². The van der Waals surface area contributed by atoms with Crippen molar-refractivity contribution >= 4 is 28.9 Å². The van der Waals surface area contributed by atoms with Crippen LogP contribution in [0.4, 0.5) is 5.95 Å². The van der Waals surface area contributed by atoms with Gasteiger partial charge in [0.25, 0.3) is 5.95 Å². The molecule has 0 fully saturated rings. The number of H-pyrrole nitrogens is 1. The van der Waals surface area contributed by atoms with Crippen molar-refractivity contribution in [2.45, 2.75) is 6.54 Å². The van der Waals surface area contributed by atoms with Crippen LogP contribution >= 0.6 is 22.9 Å². The minimum Gasteiger partial charge on any atom is -0.348 e. The van der Waals surface area contributed by atoms with E-state index in [4.69, 9.17) is 11.6 Å². The molecule has 102 valence electrons. The average molecular weight is 310 g/mol. The van der Waals surface area contributed by atoms with Crippen LogP contribution in [0.15, 0.2) is 28.6 Å². The Balaban J connectivity index is 1.81. The Labute approximate surface area is 121 Å². The average Bonchev–Trinajstić information content (AvgIpc) is 3.07. The quantitative estimate of drug-likeness (QED) is 0.747. The number of hydrogen-bond acceptors (Lipinski definition) is 7. The second-order valence-electron chi connectivity index (χ2n) is 3.71.